The van der Waals surface area contributed by atoms with Gasteiger partial charge in [0.1, 0.15) is 0 Å². The second-order valence-electron chi connectivity index (χ2n) is 5.07. The van der Waals surface area contributed by atoms with Crippen molar-refractivity contribution in [3.8, 4) is 0 Å². The van der Waals surface area contributed by atoms with Gasteiger partial charge in [0, 0.05) is 0 Å². The van der Waals surface area contributed by atoms with E-state index in [1.165, 1.54) is 39.2 Å². The van der Waals surface area contributed by atoms with Crippen molar-refractivity contribution in [3.05, 3.63) is 0 Å². The molecule has 3 aliphatic carbocycles. The summed E-state index contributed by atoms with van der Waals surface area (Å²) < 4.78 is 4.87. The van der Waals surface area contributed by atoms with Crippen molar-refractivity contribution in [3.63, 3.8) is 0 Å². The normalized spacial score (nSPS) is 51.3. The lowest BCUT2D eigenvalue weighted by Gasteiger charge is -2.68. The second kappa shape index (κ2) is 2.10. The van der Waals surface area contributed by atoms with Crippen LogP contribution in [0, 0.1) is 16.7 Å². The van der Waals surface area contributed by atoms with E-state index in [0.29, 0.717) is 10.8 Å². The summed E-state index contributed by atoms with van der Waals surface area (Å²) in [6, 6.07) is 0. The Morgan fingerprint density at radius 1 is 1.31 bits per heavy atom. The third kappa shape index (κ3) is 0.628. The summed E-state index contributed by atoms with van der Waals surface area (Å²) >= 11 is 0. The molecular formula is C11H16O2. The first-order valence-electron chi connectivity index (χ1n) is 5.32. The average Bonchev–Trinajstić information content (AvgIpc) is 2.37. The van der Waals surface area contributed by atoms with E-state index in [2.05, 4.69) is 0 Å². The van der Waals surface area contributed by atoms with Gasteiger partial charge in [-0.1, -0.05) is 6.42 Å². The Balaban J connectivity index is 1.87. The number of methoxy groups -OCH3 is 1. The first kappa shape index (κ1) is 7.84. The molecule has 0 N–H and O–H groups in total. The molecule has 0 radical (unpaired) electrons. The molecule has 0 aromatic rings. The summed E-state index contributed by atoms with van der Waals surface area (Å²) in [5.74, 6) is 0.311. The number of rotatable bonds is 1. The molecule has 0 unspecified atom stereocenters. The van der Waals surface area contributed by atoms with E-state index in [-0.39, 0.29) is 11.9 Å². The minimum atomic E-state index is 0.0530. The lowest BCUT2D eigenvalue weighted by atomic mass is 9.35. The number of ether oxygens (including phenoxy) is 1. The molecule has 0 amide bonds. The zero-order chi connectivity index (χ0) is 9.10. The van der Waals surface area contributed by atoms with Crippen LogP contribution in [0.5, 0.6) is 0 Å². The van der Waals surface area contributed by atoms with Crippen molar-refractivity contribution in [2.45, 2.75) is 38.5 Å². The highest BCUT2D eigenvalue weighted by atomic mass is 16.5. The SMILES string of the molecule is COC(=O)[C@H]1C[C@]23CCC[C@]12CC3. The minimum Gasteiger partial charge on any atom is -0.469 e. The molecule has 72 valence electrons. The van der Waals surface area contributed by atoms with Crippen molar-refractivity contribution in [1.82, 2.24) is 0 Å². The monoisotopic (exact) mass is 180 g/mol. The highest BCUT2D eigenvalue weighted by molar-refractivity contribution is 5.76. The fourth-order valence-electron chi connectivity index (χ4n) is 4.34. The van der Waals surface area contributed by atoms with Gasteiger partial charge in [-0.2, -0.15) is 0 Å². The van der Waals surface area contributed by atoms with Gasteiger partial charge in [-0.3, -0.25) is 4.79 Å². The Hall–Kier alpha value is -0.530. The molecule has 2 heteroatoms. The van der Waals surface area contributed by atoms with Crippen molar-refractivity contribution in [2.24, 2.45) is 16.7 Å². The third-order valence-electron chi connectivity index (χ3n) is 5.13. The van der Waals surface area contributed by atoms with Gasteiger partial charge in [-0.15, -0.1) is 0 Å². The number of carbonyl (C=O) groups is 1. The maximum Gasteiger partial charge on any atom is 0.309 e. The summed E-state index contributed by atoms with van der Waals surface area (Å²) in [4.78, 5) is 11.5. The van der Waals surface area contributed by atoms with E-state index in [1.54, 1.807) is 0 Å². The van der Waals surface area contributed by atoms with Crippen molar-refractivity contribution >= 4 is 5.97 Å². The maximum atomic E-state index is 11.5. The molecular weight excluding hydrogens is 164 g/mol. The topological polar surface area (TPSA) is 26.3 Å². The molecule has 3 rings (SSSR count). The van der Waals surface area contributed by atoms with E-state index in [1.807, 2.05) is 0 Å². The van der Waals surface area contributed by atoms with Crippen LogP contribution >= 0.6 is 0 Å². The zero-order valence-corrected chi connectivity index (χ0v) is 8.14. The third-order valence-corrected chi connectivity index (χ3v) is 5.13. The molecule has 3 saturated carbocycles. The van der Waals surface area contributed by atoms with E-state index >= 15 is 0 Å². The molecule has 3 atom stereocenters. The Bertz CT molecular complexity index is 273. The number of esters is 1. The molecule has 0 spiro atoms. The van der Waals surface area contributed by atoms with Gasteiger partial charge in [-0.25, -0.2) is 0 Å². The van der Waals surface area contributed by atoms with Crippen LogP contribution in [-0.4, -0.2) is 13.1 Å². The van der Waals surface area contributed by atoms with Crippen LogP contribution in [0.3, 0.4) is 0 Å². The van der Waals surface area contributed by atoms with Gasteiger partial charge in [0.2, 0.25) is 0 Å². The Kier molecular flexibility index (Phi) is 1.27. The highest BCUT2D eigenvalue weighted by Crippen LogP contribution is 2.80. The van der Waals surface area contributed by atoms with Gasteiger partial charge in [0.15, 0.2) is 0 Å². The lowest BCUT2D eigenvalue weighted by Crippen LogP contribution is -2.64. The predicted octanol–water partition coefficient (Wildman–Crippen LogP) is 2.13. The van der Waals surface area contributed by atoms with Crippen LogP contribution in [0.25, 0.3) is 0 Å². The molecule has 0 aromatic carbocycles. The van der Waals surface area contributed by atoms with Gasteiger partial charge in [0.25, 0.3) is 0 Å². The lowest BCUT2D eigenvalue weighted by molar-refractivity contribution is -0.222. The molecule has 0 saturated heterocycles. The maximum absolute atomic E-state index is 11.5. The van der Waals surface area contributed by atoms with Crippen LogP contribution < -0.4 is 0 Å². The minimum absolute atomic E-state index is 0.0530. The Labute approximate surface area is 78.6 Å². The quantitative estimate of drug-likeness (QED) is 0.578. The smallest absolute Gasteiger partial charge is 0.309 e. The summed E-state index contributed by atoms with van der Waals surface area (Å²) in [6.07, 6.45) is 7.79. The summed E-state index contributed by atoms with van der Waals surface area (Å²) in [5.41, 5.74) is 1.02. The average molecular weight is 180 g/mol. The van der Waals surface area contributed by atoms with Crippen LogP contribution in [0.15, 0.2) is 0 Å². The molecule has 2 nitrogen and oxygen atoms in total. The van der Waals surface area contributed by atoms with Crippen LogP contribution in [0.2, 0.25) is 0 Å². The van der Waals surface area contributed by atoms with Crippen LogP contribution in [0.1, 0.15) is 38.5 Å². The summed E-state index contributed by atoms with van der Waals surface area (Å²) in [5, 5.41) is 0. The molecule has 3 aliphatic rings. The Morgan fingerprint density at radius 3 is 2.69 bits per heavy atom. The fraction of sp³-hybridized carbons (Fsp3) is 0.909. The van der Waals surface area contributed by atoms with Gasteiger partial charge in [0.05, 0.1) is 13.0 Å². The molecule has 0 heterocycles. The first-order valence-corrected chi connectivity index (χ1v) is 5.32. The molecule has 0 aromatic heterocycles. The van der Waals surface area contributed by atoms with E-state index in [4.69, 9.17) is 4.74 Å². The van der Waals surface area contributed by atoms with Crippen LogP contribution in [0.4, 0.5) is 0 Å². The summed E-state index contributed by atoms with van der Waals surface area (Å²) in [7, 11) is 1.52. The zero-order valence-electron chi connectivity index (χ0n) is 8.14. The summed E-state index contributed by atoms with van der Waals surface area (Å²) in [6.45, 7) is 0. The van der Waals surface area contributed by atoms with E-state index in [9.17, 15) is 4.79 Å². The number of carbonyl (C=O) groups excluding carboxylic acids is 1. The van der Waals surface area contributed by atoms with Crippen molar-refractivity contribution < 1.29 is 9.53 Å². The molecule has 3 fully saturated rings. The number of hydrogen-bond acceptors (Lipinski definition) is 2. The van der Waals surface area contributed by atoms with Crippen molar-refractivity contribution in [2.75, 3.05) is 7.11 Å². The second-order valence-corrected chi connectivity index (χ2v) is 5.07. The van der Waals surface area contributed by atoms with Gasteiger partial charge < -0.3 is 4.74 Å². The van der Waals surface area contributed by atoms with E-state index in [0.717, 1.165) is 6.42 Å². The number of hydrogen-bond donors (Lipinski definition) is 0. The van der Waals surface area contributed by atoms with Crippen LogP contribution in [-0.2, 0) is 9.53 Å². The first-order chi connectivity index (χ1) is 6.24. The van der Waals surface area contributed by atoms with E-state index < -0.39 is 0 Å². The predicted molar refractivity (Wildman–Crippen MR) is 48.1 cm³/mol. The molecule has 0 aliphatic heterocycles. The largest absolute Gasteiger partial charge is 0.469 e. The standard InChI is InChI=1S/C11H16O2/c1-13-9(12)8-7-10-3-2-4-11(8,10)6-5-10/h8H,2-7H2,1H3/t8-,10-,11+/m1/s1. The Morgan fingerprint density at radius 2 is 2.15 bits per heavy atom. The van der Waals surface area contributed by atoms with Gasteiger partial charge >= 0.3 is 5.97 Å². The molecule has 0 bridgehead atoms. The highest BCUT2D eigenvalue weighted by Gasteiger charge is 2.74. The van der Waals surface area contributed by atoms with Gasteiger partial charge in [-0.05, 0) is 42.9 Å². The molecule has 13 heavy (non-hydrogen) atoms. The fourth-order valence-corrected chi connectivity index (χ4v) is 4.34. The van der Waals surface area contributed by atoms with Crippen molar-refractivity contribution in [1.29, 1.82) is 0 Å².